The van der Waals surface area contributed by atoms with Crippen LogP contribution in [0.1, 0.15) is 18.4 Å². The van der Waals surface area contributed by atoms with Gasteiger partial charge in [0.1, 0.15) is 11.5 Å². The van der Waals surface area contributed by atoms with Gasteiger partial charge in [-0.3, -0.25) is 9.12 Å². The summed E-state index contributed by atoms with van der Waals surface area (Å²) in [6.45, 7) is 0. The topological polar surface area (TPSA) is 121 Å². The smallest absolute Gasteiger partial charge is 0.346 e. The fourth-order valence-corrected chi connectivity index (χ4v) is 4.73. The minimum absolute atomic E-state index is 0.185. The fourth-order valence-electron chi connectivity index (χ4n) is 2.36. The van der Waals surface area contributed by atoms with Crippen LogP contribution in [0.2, 0.25) is 0 Å². The van der Waals surface area contributed by atoms with Gasteiger partial charge in [0.15, 0.2) is 4.99 Å². The Morgan fingerprint density at radius 3 is 2.24 bits per heavy atom. The zero-order valence-corrected chi connectivity index (χ0v) is 14.9. The summed E-state index contributed by atoms with van der Waals surface area (Å²) in [5.41, 5.74) is 0.827. The number of benzene rings is 2. The molecule has 0 unspecified atom stereocenters. The first-order valence-electron chi connectivity index (χ1n) is 7.49. The fraction of sp³-hybridized carbons (Fsp3) is 0.250. The molecule has 0 aromatic heterocycles. The third kappa shape index (κ3) is 6.26. The number of ether oxygens (including phenoxy) is 1. The molecule has 2 rings (SSSR count). The average molecular weight is 386 g/mol. The summed E-state index contributed by atoms with van der Waals surface area (Å²) in [4.78, 5) is 16.0. The molecule has 25 heavy (non-hydrogen) atoms. The molecule has 2 aromatic rings. The number of rotatable bonds is 8. The van der Waals surface area contributed by atoms with Gasteiger partial charge in [0.25, 0.3) is 10.1 Å². The summed E-state index contributed by atoms with van der Waals surface area (Å²) >= 11 is 0. The van der Waals surface area contributed by atoms with Gasteiger partial charge in [-0.15, -0.1) is 0 Å². The Balaban J connectivity index is 1.99. The molecular weight excluding hydrogens is 367 g/mol. The lowest BCUT2D eigenvalue weighted by molar-refractivity contribution is 0.360. The Labute approximate surface area is 146 Å². The molecule has 0 bridgehead atoms. The highest BCUT2D eigenvalue weighted by Gasteiger charge is 2.38. The van der Waals surface area contributed by atoms with Crippen molar-refractivity contribution in [3.63, 3.8) is 0 Å². The molecule has 0 radical (unpaired) electrons. The van der Waals surface area contributed by atoms with Crippen molar-refractivity contribution in [1.29, 1.82) is 0 Å². The van der Waals surface area contributed by atoms with Crippen molar-refractivity contribution >= 4 is 17.7 Å². The van der Waals surface area contributed by atoms with Crippen molar-refractivity contribution in [1.82, 2.24) is 0 Å². The monoisotopic (exact) mass is 386 g/mol. The van der Waals surface area contributed by atoms with Crippen LogP contribution in [-0.4, -0.2) is 27.7 Å². The maximum Gasteiger partial charge on any atom is 0.346 e. The van der Waals surface area contributed by atoms with Gasteiger partial charge < -0.3 is 14.5 Å². The summed E-state index contributed by atoms with van der Waals surface area (Å²) < 4.78 is 48.1. The van der Waals surface area contributed by atoms with E-state index in [9.17, 15) is 13.0 Å². The van der Waals surface area contributed by atoms with E-state index in [1.807, 2.05) is 30.3 Å². The molecule has 0 spiro atoms. The molecule has 0 amide bonds. The summed E-state index contributed by atoms with van der Waals surface area (Å²) in [6, 6.07) is 16.3. The van der Waals surface area contributed by atoms with Gasteiger partial charge in [-0.25, -0.2) is 0 Å². The van der Waals surface area contributed by atoms with Crippen molar-refractivity contribution in [2.75, 3.05) is 0 Å². The van der Waals surface area contributed by atoms with Gasteiger partial charge in [-0.1, -0.05) is 30.3 Å². The van der Waals surface area contributed by atoms with E-state index >= 15 is 0 Å². The van der Waals surface area contributed by atoms with E-state index in [1.165, 1.54) is 0 Å². The largest absolute Gasteiger partial charge is 0.457 e. The van der Waals surface area contributed by atoms with Crippen LogP contribution in [0.25, 0.3) is 0 Å². The van der Waals surface area contributed by atoms with Gasteiger partial charge in [0, 0.05) is 0 Å². The van der Waals surface area contributed by atoms with E-state index in [0.29, 0.717) is 17.9 Å². The molecule has 1 atom stereocenters. The molecule has 0 aliphatic rings. The van der Waals surface area contributed by atoms with Gasteiger partial charge in [-0.05, 0) is 49.1 Å². The number of hydrogen-bond acceptors (Lipinski definition) is 4. The molecule has 0 saturated heterocycles. The van der Waals surface area contributed by atoms with Crippen LogP contribution in [0, 0.1) is 0 Å². The molecular formula is C16H19O7PS. The first-order chi connectivity index (χ1) is 11.7. The van der Waals surface area contributed by atoms with Crippen molar-refractivity contribution in [3.05, 3.63) is 60.2 Å². The quantitative estimate of drug-likeness (QED) is 0.470. The van der Waals surface area contributed by atoms with Gasteiger partial charge >= 0.3 is 7.60 Å². The predicted octanol–water partition coefficient (Wildman–Crippen LogP) is 3.19. The molecule has 9 heteroatoms. The minimum atomic E-state index is -4.94. The Bertz CT molecular complexity index is 846. The first kappa shape index (κ1) is 19.6. The second kappa shape index (κ2) is 8.12. The summed E-state index contributed by atoms with van der Waals surface area (Å²) in [5, 5.41) is 0. The summed E-state index contributed by atoms with van der Waals surface area (Å²) in [7, 11) is -9.75. The number of hydrogen-bond donors (Lipinski definition) is 3. The maximum atomic E-state index is 11.2. The van der Waals surface area contributed by atoms with E-state index < -0.39 is 22.7 Å². The van der Waals surface area contributed by atoms with Crippen LogP contribution in [-0.2, 0) is 21.1 Å². The molecule has 0 aliphatic heterocycles. The second-order valence-corrected chi connectivity index (χ2v) is 9.26. The Kier molecular flexibility index (Phi) is 6.37. The van der Waals surface area contributed by atoms with E-state index in [-0.39, 0.29) is 12.8 Å². The third-order valence-electron chi connectivity index (χ3n) is 3.51. The molecule has 2 aromatic carbocycles. The SMILES string of the molecule is O=P(O)(O)[C@@H](CCCc1cccc(Oc2ccccc2)c1)S(=O)(=O)O. The van der Waals surface area contributed by atoms with Crippen LogP contribution in [0.5, 0.6) is 11.5 Å². The van der Waals surface area contributed by atoms with Gasteiger partial charge in [0.2, 0.25) is 0 Å². The van der Waals surface area contributed by atoms with Crippen LogP contribution < -0.4 is 4.74 Å². The lowest BCUT2D eigenvalue weighted by Crippen LogP contribution is -2.20. The molecule has 3 N–H and O–H groups in total. The molecule has 0 saturated carbocycles. The summed E-state index contributed by atoms with van der Waals surface area (Å²) in [5.74, 6) is 1.28. The average Bonchev–Trinajstić information content (AvgIpc) is 2.50. The van der Waals surface area contributed by atoms with E-state index in [4.69, 9.17) is 19.1 Å². The Morgan fingerprint density at radius 1 is 1.00 bits per heavy atom. The van der Waals surface area contributed by atoms with Crippen LogP contribution in [0.4, 0.5) is 0 Å². The van der Waals surface area contributed by atoms with Gasteiger partial charge in [-0.2, -0.15) is 8.42 Å². The van der Waals surface area contributed by atoms with Gasteiger partial charge in [0.05, 0.1) is 0 Å². The first-order valence-corrected chi connectivity index (χ1v) is 10.7. The van der Waals surface area contributed by atoms with E-state index in [1.54, 1.807) is 24.3 Å². The zero-order valence-electron chi connectivity index (χ0n) is 13.2. The lowest BCUT2D eigenvalue weighted by Gasteiger charge is -2.15. The van der Waals surface area contributed by atoms with Crippen LogP contribution >= 0.6 is 7.60 Å². The molecule has 0 fully saturated rings. The minimum Gasteiger partial charge on any atom is -0.457 e. The molecule has 0 aliphatic carbocycles. The standard InChI is InChI=1S/C16H19O7PS/c17-24(18,19)16(25(20,21)22)11-5-7-13-6-4-10-15(12-13)23-14-8-2-1-3-9-14/h1-4,6,8-10,12,16H,5,7,11H2,(H2,17,18,19)(H,20,21,22)/t16-/m1/s1. The Hall–Kier alpha value is -1.70. The lowest BCUT2D eigenvalue weighted by atomic mass is 10.1. The second-order valence-electron chi connectivity index (χ2n) is 5.51. The van der Waals surface area contributed by atoms with E-state index in [2.05, 4.69) is 0 Å². The van der Waals surface area contributed by atoms with Crippen LogP contribution in [0.3, 0.4) is 0 Å². The highest BCUT2D eigenvalue weighted by atomic mass is 32.2. The molecule has 0 heterocycles. The third-order valence-corrected chi connectivity index (χ3v) is 7.07. The summed E-state index contributed by atoms with van der Waals surface area (Å²) in [6.07, 6.45) is 0.231. The number of para-hydroxylation sites is 1. The molecule has 7 nitrogen and oxygen atoms in total. The Morgan fingerprint density at radius 2 is 1.64 bits per heavy atom. The maximum absolute atomic E-state index is 11.2. The van der Waals surface area contributed by atoms with Crippen molar-refractivity contribution < 1.29 is 32.1 Å². The normalized spacial score (nSPS) is 13.4. The highest BCUT2D eigenvalue weighted by Crippen LogP contribution is 2.46. The zero-order chi connectivity index (χ0) is 18.5. The highest BCUT2D eigenvalue weighted by molar-refractivity contribution is 7.93. The van der Waals surface area contributed by atoms with Crippen molar-refractivity contribution in [3.8, 4) is 11.5 Å². The van der Waals surface area contributed by atoms with E-state index in [0.717, 1.165) is 5.56 Å². The van der Waals surface area contributed by atoms with Crippen LogP contribution in [0.15, 0.2) is 54.6 Å². The predicted molar refractivity (Wildman–Crippen MR) is 93.3 cm³/mol. The van der Waals surface area contributed by atoms with Crippen molar-refractivity contribution in [2.45, 2.75) is 24.3 Å². The number of aryl methyl sites for hydroxylation is 1. The molecule has 136 valence electrons. The van der Waals surface area contributed by atoms with Crippen molar-refractivity contribution in [2.24, 2.45) is 0 Å².